The molecule has 16 heavy (non-hydrogen) atoms. The van der Waals surface area contributed by atoms with E-state index in [4.69, 9.17) is 4.74 Å². The molecule has 2 heterocycles. The number of carbonyl (C=O) groups excluding carboxylic acids is 1. The van der Waals surface area contributed by atoms with Crippen molar-refractivity contribution in [1.82, 2.24) is 10.2 Å². The Morgan fingerprint density at radius 2 is 2.38 bits per heavy atom. The summed E-state index contributed by atoms with van der Waals surface area (Å²) < 4.78 is 5.44. The van der Waals surface area contributed by atoms with Crippen molar-refractivity contribution in [3.63, 3.8) is 0 Å². The quantitative estimate of drug-likeness (QED) is 0.756. The van der Waals surface area contributed by atoms with Gasteiger partial charge >= 0.3 is 0 Å². The highest BCUT2D eigenvalue weighted by molar-refractivity contribution is 5.77. The number of amides is 1. The second-order valence-electron chi connectivity index (χ2n) is 4.87. The predicted molar refractivity (Wildman–Crippen MR) is 62.3 cm³/mol. The number of ether oxygens (including phenoxy) is 1. The molecule has 0 spiro atoms. The summed E-state index contributed by atoms with van der Waals surface area (Å²) in [6.45, 7) is 5.29. The molecule has 1 amide bonds. The van der Waals surface area contributed by atoms with Crippen LogP contribution in [0.2, 0.25) is 0 Å². The van der Waals surface area contributed by atoms with E-state index in [-0.39, 0.29) is 12.0 Å². The minimum absolute atomic E-state index is 0.192. The molecule has 2 aliphatic rings. The van der Waals surface area contributed by atoms with Gasteiger partial charge in [-0.15, -0.1) is 0 Å². The van der Waals surface area contributed by atoms with E-state index in [0.29, 0.717) is 19.1 Å². The van der Waals surface area contributed by atoms with Crippen molar-refractivity contribution in [2.75, 3.05) is 26.2 Å². The van der Waals surface area contributed by atoms with E-state index in [1.165, 1.54) is 12.8 Å². The summed E-state index contributed by atoms with van der Waals surface area (Å²) in [5, 5.41) is 3.42. The van der Waals surface area contributed by atoms with E-state index in [1.807, 2.05) is 11.8 Å². The molecular weight excluding hydrogens is 204 g/mol. The third kappa shape index (κ3) is 3.19. The second-order valence-corrected chi connectivity index (χ2v) is 4.87. The van der Waals surface area contributed by atoms with E-state index >= 15 is 0 Å². The van der Waals surface area contributed by atoms with Crippen LogP contribution in [0.15, 0.2) is 0 Å². The molecule has 4 nitrogen and oxygen atoms in total. The molecule has 0 aromatic heterocycles. The van der Waals surface area contributed by atoms with Crippen LogP contribution in [0.4, 0.5) is 0 Å². The number of rotatable bonds is 2. The molecule has 2 saturated heterocycles. The Labute approximate surface area is 97.3 Å². The molecule has 0 bridgehead atoms. The Morgan fingerprint density at radius 1 is 1.50 bits per heavy atom. The maximum atomic E-state index is 12.0. The van der Waals surface area contributed by atoms with Gasteiger partial charge in [0, 0.05) is 25.6 Å². The maximum Gasteiger partial charge on any atom is 0.224 e. The fraction of sp³-hybridized carbons (Fsp3) is 0.917. The van der Waals surface area contributed by atoms with Crippen molar-refractivity contribution in [1.29, 1.82) is 0 Å². The van der Waals surface area contributed by atoms with Crippen molar-refractivity contribution >= 4 is 5.91 Å². The molecule has 0 radical (unpaired) electrons. The van der Waals surface area contributed by atoms with Gasteiger partial charge in [0.15, 0.2) is 0 Å². The van der Waals surface area contributed by atoms with E-state index in [1.54, 1.807) is 0 Å². The zero-order chi connectivity index (χ0) is 11.4. The largest absolute Gasteiger partial charge is 0.375 e. The maximum absolute atomic E-state index is 12.0. The lowest BCUT2D eigenvalue weighted by Gasteiger charge is -2.33. The summed E-state index contributed by atoms with van der Waals surface area (Å²) in [5.41, 5.74) is 0. The molecule has 0 saturated carbocycles. The van der Waals surface area contributed by atoms with Crippen LogP contribution in [0.5, 0.6) is 0 Å². The van der Waals surface area contributed by atoms with Gasteiger partial charge in [-0.05, 0) is 26.3 Å². The summed E-state index contributed by atoms with van der Waals surface area (Å²) in [4.78, 5) is 14.0. The Kier molecular flexibility index (Phi) is 4.18. The number of hydrogen-bond acceptors (Lipinski definition) is 3. The summed E-state index contributed by atoms with van der Waals surface area (Å²) in [5.74, 6) is 0.287. The number of piperidine rings is 1. The van der Waals surface area contributed by atoms with Crippen LogP contribution in [0, 0.1) is 0 Å². The van der Waals surface area contributed by atoms with Crippen molar-refractivity contribution < 1.29 is 9.53 Å². The van der Waals surface area contributed by atoms with Gasteiger partial charge in [0.05, 0.1) is 12.7 Å². The molecule has 0 aromatic rings. The molecule has 2 atom stereocenters. The number of morpholine rings is 1. The Morgan fingerprint density at radius 3 is 3.06 bits per heavy atom. The normalized spacial score (nSPS) is 31.4. The van der Waals surface area contributed by atoms with Crippen LogP contribution >= 0.6 is 0 Å². The third-order valence-electron chi connectivity index (χ3n) is 3.43. The number of carbonyl (C=O) groups is 1. The Balaban J connectivity index is 1.77. The molecule has 2 rings (SSSR count). The van der Waals surface area contributed by atoms with E-state index in [0.717, 1.165) is 26.1 Å². The highest BCUT2D eigenvalue weighted by atomic mass is 16.5. The minimum atomic E-state index is 0.192. The van der Waals surface area contributed by atoms with Gasteiger partial charge in [-0.2, -0.15) is 0 Å². The molecule has 2 unspecified atom stereocenters. The van der Waals surface area contributed by atoms with E-state index in [2.05, 4.69) is 5.32 Å². The molecule has 2 fully saturated rings. The predicted octanol–water partition coefficient (Wildman–Crippen LogP) is 0.766. The number of nitrogens with one attached hydrogen (secondary N) is 1. The molecule has 1 N–H and O–H groups in total. The van der Waals surface area contributed by atoms with Crippen LogP contribution in [0.1, 0.15) is 32.6 Å². The lowest BCUT2D eigenvalue weighted by Crippen LogP contribution is -2.47. The first kappa shape index (κ1) is 11.9. The van der Waals surface area contributed by atoms with Crippen molar-refractivity contribution in [2.24, 2.45) is 0 Å². The van der Waals surface area contributed by atoms with Crippen LogP contribution in [0.3, 0.4) is 0 Å². The second kappa shape index (κ2) is 5.64. The zero-order valence-electron chi connectivity index (χ0n) is 10.1. The Hall–Kier alpha value is -0.610. The minimum Gasteiger partial charge on any atom is -0.375 e. The highest BCUT2D eigenvalue weighted by Gasteiger charge is 2.24. The zero-order valence-corrected chi connectivity index (χ0v) is 10.1. The van der Waals surface area contributed by atoms with Crippen LogP contribution in [-0.2, 0) is 9.53 Å². The SMILES string of the molecule is CC1CN(C(=O)CC2CCCCN2)CCO1. The molecule has 0 aliphatic carbocycles. The molecule has 2 aliphatic heterocycles. The van der Waals surface area contributed by atoms with Crippen molar-refractivity contribution in [3.05, 3.63) is 0 Å². The van der Waals surface area contributed by atoms with Crippen molar-refractivity contribution in [2.45, 2.75) is 44.8 Å². The van der Waals surface area contributed by atoms with Gasteiger partial charge in [0.1, 0.15) is 0 Å². The van der Waals surface area contributed by atoms with Crippen LogP contribution in [0.25, 0.3) is 0 Å². The van der Waals surface area contributed by atoms with Gasteiger partial charge in [-0.1, -0.05) is 6.42 Å². The highest BCUT2D eigenvalue weighted by Crippen LogP contribution is 2.13. The first-order valence-electron chi connectivity index (χ1n) is 6.38. The molecule has 4 heteroatoms. The van der Waals surface area contributed by atoms with E-state index in [9.17, 15) is 4.79 Å². The summed E-state index contributed by atoms with van der Waals surface area (Å²) in [7, 11) is 0. The topological polar surface area (TPSA) is 41.6 Å². The average Bonchev–Trinajstić information content (AvgIpc) is 2.30. The third-order valence-corrected chi connectivity index (χ3v) is 3.43. The molecule has 92 valence electrons. The van der Waals surface area contributed by atoms with Crippen molar-refractivity contribution in [3.8, 4) is 0 Å². The fourth-order valence-corrected chi connectivity index (χ4v) is 2.48. The number of hydrogen-bond donors (Lipinski definition) is 1. The smallest absolute Gasteiger partial charge is 0.224 e. The number of nitrogens with zero attached hydrogens (tertiary/aromatic N) is 1. The lowest BCUT2D eigenvalue weighted by atomic mass is 10.0. The van der Waals surface area contributed by atoms with Crippen LogP contribution in [-0.4, -0.2) is 49.2 Å². The van der Waals surface area contributed by atoms with Crippen LogP contribution < -0.4 is 5.32 Å². The lowest BCUT2D eigenvalue weighted by molar-refractivity contribution is -0.138. The summed E-state index contributed by atoms with van der Waals surface area (Å²) in [6.07, 6.45) is 4.50. The van der Waals surface area contributed by atoms with Gasteiger partial charge in [0.2, 0.25) is 5.91 Å². The van der Waals surface area contributed by atoms with Gasteiger partial charge in [-0.3, -0.25) is 4.79 Å². The van der Waals surface area contributed by atoms with Gasteiger partial charge in [-0.25, -0.2) is 0 Å². The first-order valence-corrected chi connectivity index (χ1v) is 6.38. The van der Waals surface area contributed by atoms with E-state index < -0.39 is 0 Å². The monoisotopic (exact) mass is 226 g/mol. The molecular formula is C12H22N2O2. The first-order chi connectivity index (χ1) is 7.75. The standard InChI is InChI=1S/C12H22N2O2/c1-10-9-14(6-7-16-10)12(15)8-11-4-2-3-5-13-11/h10-11,13H,2-9H2,1H3. The Bertz CT molecular complexity index is 239. The average molecular weight is 226 g/mol. The summed E-state index contributed by atoms with van der Waals surface area (Å²) >= 11 is 0. The van der Waals surface area contributed by atoms with Gasteiger partial charge in [0.25, 0.3) is 0 Å². The molecule has 0 aromatic carbocycles. The summed E-state index contributed by atoms with van der Waals surface area (Å²) in [6, 6.07) is 0.402. The fourth-order valence-electron chi connectivity index (χ4n) is 2.48. The van der Waals surface area contributed by atoms with Gasteiger partial charge < -0.3 is 15.0 Å².